The minimum atomic E-state index is -0.717. The van der Waals surface area contributed by atoms with Gasteiger partial charge in [0.05, 0.1) is 18.3 Å². The van der Waals surface area contributed by atoms with Crippen molar-refractivity contribution in [3.8, 4) is 0 Å². The summed E-state index contributed by atoms with van der Waals surface area (Å²) in [6.45, 7) is 9.63. The summed E-state index contributed by atoms with van der Waals surface area (Å²) in [5.41, 5.74) is -1.00. The van der Waals surface area contributed by atoms with Crippen molar-refractivity contribution in [3.63, 3.8) is 0 Å². The first-order valence-corrected chi connectivity index (χ1v) is 9.72. The SMILES string of the molecule is C[C@@H]1C[C@@H](O)[C@H]2C(C)(C)CCC[C@]2(C)[C@@]12CC[C@@]1(CCOC1=O)O2. The van der Waals surface area contributed by atoms with Crippen LogP contribution in [0, 0.1) is 22.7 Å². The van der Waals surface area contributed by atoms with Crippen LogP contribution >= 0.6 is 0 Å². The number of aliphatic hydroxyl groups excluding tert-OH is 1. The van der Waals surface area contributed by atoms with Gasteiger partial charge >= 0.3 is 5.97 Å². The summed E-state index contributed by atoms with van der Waals surface area (Å²) >= 11 is 0. The first-order chi connectivity index (χ1) is 11.2. The monoisotopic (exact) mass is 336 g/mol. The van der Waals surface area contributed by atoms with Crippen LogP contribution in [-0.4, -0.2) is 35.0 Å². The van der Waals surface area contributed by atoms with Gasteiger partial charge in [-0.3, -0.25) is 0 Å². The minimum Gasteiger partial charge on any atom is -0.463 e. The highest BCUT2D eigenvalue weighted by molar-refractivity contribution is 5.82. The predicted molar refractivity (Wildman–Crippen MR) is 90.4 cm³/mol. The Morgan fingerprint density at radius 2 is 1.83 bits per heavy atom. The zero-order chi connectivity index (χ0) is 17.4. The lowest BCUT2D eigenvalue weighted by molar-refractivity contribution is -0.266. The first kappa shape index (κ1) is 16.8. The van der Waals surface area contributed by atoms with Crippen LogP contribution < -0.4 is 0 Å². The van der Waals surface area contributed by atoms with Crippen molar-refractivity contribution in [1.29, 1.82) is 0 Å². The molecule has 0 radical (unpaired) electrons. The highest BCUT2D eigenvalue weighted by Crippen LogP contribution is 2.68. The van der Waals surface area contributed by atoms with Crippen LogP contribution in [0.4, 0.5) is 0 Å². The molecule has 2 spiro atoms. The molecule has 4 aliphatic rings. The van der Waals surface area contributed by atoms with Gasteiger partial charge in [-0.1, -0.05) is 34.1 Å². The van der Waals surface area contributed by atoms with E-state index in [2.05, 4.69) is 27.7 Å². The van der Waals surface area contributed by atoms with Crippen molar-refractivity contribution in [3.05, 3.63) is 0 Å². The molecule has 0 bridgehead atoms. The average molecular weight is 336 g/mol. The van der Waals surface area contributed by atoms with Gasteiger partial charge in [0.15, 0.2) is 5.60 Å². The van der Waals surface area contributed by atoms with Gasteiger partial charge in [0, 0.05) is 11.8 Å². The summed E-state index contributed by atoms with van der Waals surface area (Å²) in [5.74, 6) is 0.325. The fourth-order valence-electron chi connectivity index (χ4n) is 7.21. The third-order valence-corrected chi connectivity index (χ3v) is 8.18. The standard InChI is InChI=1S/C20H32O4/c1-13-12-14(21)15-17(2,3)6-5-7-18(15,4)20(13)9-8-19(24-20)10-11-23-16(19)22/h13-15,21H,5-12H2,1-4H3/t13-,14-,15+,18+,19+,20-/m1/s1. The number of rotatable bonds is 0. The summed E-state index contributed by atoms with van der Waals surface area (Å²) in [6.07, 6.45) is 6.27. The molecule has 4 heteroatoms. The van der Waals surface area contributed by atoms with Gasteiger partial charge in [0.1, 0.15) is 0 Å². The molecule has 136 valence electrons. The maximum atomic E-state index is 12.4. The zero-order valence-corrected chi connectivity index (χ0v) is 15.6. The number of aliphatic hydroxyl groups is 1. The Balaban J connectivity index is 1.78. The van der Waals surface area contributed by atoms with E-state index in [9.17, 15) is 9.90 Å². The average Bonchev–Trinajstić information content (AvgIpc) is 3.03. The maximum absolute atomic E-state index is 12.4. The van der Waals surface area contributed by atoms with Gasteiger partial charge in [0.2, 0.25) is 0 Å². The Morgan fingerprint density at radius 1 is 1.08 bits per heavy atom. The second-order valence-corrected chi connectivity index (χ2v) is 9.81. The topological polar surface area (TPSA) is 55.8 Å². The number of ether oxygens (including phenoxy) is 2. The van der Waals surface area contributed by atoms with Crippen LogP contribution in [0.25, 0.3) is 0 Å². The van der Waals surface area contributed by atoms with E-state index in [-0.39, 0.29) is 40.3 Å². The third-order valence-electron chi connectivity index (χ3n) is 8.18. The van der Waals surface area contributed by atoms with Crippen molar-refractivity contribution in [2.45, 2.75) is 89.9 Å². The van der Waals surface area contributed by atoms with Crippen molar-refractivity contribution < 1.29 is 19.4 Å². The molecule has 24 heavy (non-hydrogen) atoms. The van der Waals surface area contributed by atoms with Crippen molar-refractivity contribution in [2.24, 2.45) is 22.7 Å². The van der Waals surface area contributed by atoms with E-state index in [0.29, 0.717) is 13.0 Å². The summed E-state index contributed by atoms with van der Waals surface area (Å²) in [6, 6.07) is 0. The number of hydrogen-bond donors (Lipinski definition) is 1. The molecule has 2 aliphatic heterocycles. The molecule has 1 N–H and O–H groups in total. The highest BCUT2D eigenvalue weighted by atomic mass is 16.6. The fourth-order valence-corrected chi connectivity index (χ4v) is 7.21. The van der Waals surface area contributed by atoms with Crippen LogP contribution in [0.5, 0.6) is 0 Å². The van der Waals surface area contributed by atoms with Gasteiger partial charge < -0.3 is 14.6 Å². The Kier molecular flexibility index (Phi) is 3.49. The maximum Gasteiger partial charge on any atom is 0.338 e. The molecular weight excluding hydrogens is 304 g/mol. The number of carbonyl (C=O) groups excluding carboxylic acids is 1. The van der Waals surface area contributed by atoms with Gasteiger partial charge in [-0.05, 0) is 49.4 Å². The van der Waals surface area contributed by atoms with E-state index in [4.69, 9.17) is 9.47 Å². The van der Waals surface area contributed by atoms with E-state index in [0.717, 1.165) is 32.1 Å². The van der Waals surface area contributed by atoms with E-state index in [1.807, 2.05) is 0 Å². The molecule has 0 aromatic carbocycles. The van der Waals surface area contributed by atoms with E-state index in [1.165, 1.54) is 6.42 Å². The number of fused-ring (bicyclic) bond motifs is 2. The van der Waals surface area contributed by atoms with Crippen molar-refractivity contribution in [1.82, 2.24) is 0 Å². The fraction of sp³-hybridized carbons (Fsp3) is 0.950. The Bertz CT molecular complexity index is 558. The van der Waals surface area contributed by atoms with E-state index in [1.54, 1.807) is 0 Å². The summed E-state index contributed by atoms with van der Waals surface area (Å²) in [4.78, 5) is 12.4. The Morgan fingerprint density at radius 3 is 2.50 bits per heavy atom. The molecular formula is C20H32O4. The van der Waals surface area contributed by atoms with Crippen LogP contribution in [0.15, 0.2) is 0 Å². The Hall–Kier alpha value is -0.610. The summed E-state index contributed by atoms with van der Waals surface area (Å²) in [5, 5.41) is 11.0. The lowest BCUT2D eigenvalue weighted by atomic mass is 9.43. The molecule has 2 saturated heterocycles. The van der Waals surface area contributed by atoms with E-state index < -0.39 is 5.60 Å². The molecule has 0 amide bonds. The lowest BCUT2D eigenvalue weighted by Crippen LogP contribution is -2.66. The van der Waals surface area contributed by atoms with Gasteiger partial charge in [-0.25, -0.2) is 4.79 Å². The predicted octanol–water partition coefficient (Wildman–Crippen LogP) is 3.45. The smallest absolute Gasteiger partial charge is 0.338 e. The van der Waals surface area contributed by atoms with Gasteiger partial charge in [-0.2, -0.15) is 0 Å². The molecule has 0 unspecified atom stereocenters. The largest absolute Gasteiger partial charge is 0.463 e. The lowest BCUT2D eigenvalue weighted by Gasteiger charge is -2.65. The first-order valence-electron chi connectivity index (χ1n) is 9.72. The normalized spacial score (nSPS) is 53.4. The third kappa shape index (κ3) is 1.90. The van der Waals surface area contributed by atoms with Gasteiger partial charge in [0.25, 0.3) is 0 Å². The molecule has 0 aromatic heterocycles. The second kappa shape index (κ2) is 4.97. The molecule has 0 aromatic rings. The number of hydrogen-bond acceptors (Lipinski definition) is 4. The summed E-state index contributed by atoms with van der Waals surface area (Å²) in [7, 11) is 0. The molecule has 4 fully saturated rings. The molecule has 4 rings (SSSR count). The number of cyclic esters (lactones) is 1. The van der Waals surface area contributed by atoms with Crippen LogP contribution in [0.1, 0.15) is 72.6 Å². The number of esters is 1. The quantitative estimate of drug-likeness (QED) is 0.688. The molecule has 2 saturated carbocycles. The van der Waals surface area contributed by atoms with Crippen molar-refractivity contribution in [2.75, 3.05) is 6.61 Å². The highest BCUT2D eigenvalue weighted by Gasteiger charge is 2.70. The molecule has 4 nitrogen and oxygen atoms in total. The summed E-state index contributed by atoms with van der Waals surface area (Å²) < 4.78 is 12.1. The van der Waals surface area contributed by atoms with Crippen molar-refractivity contribution >= 4 is 5.97 Å². The van der Waals surface area contributed by atoms with Crippen LogP contribution in [-0.2, 0) is 14.3 Å². The number of carbonyl (C=O) groups is 1. The van der Waals surface area contributed by atoms with Gasteiger partial charge in [-0.15, -0.1) is 0 Å². The van der Waals surface area contributed by atoms with E-state index >= 15 is 0 Å². The molecule has 6 atom stereocenters. The van der Waals surface area contributed by atoms with Crippen LogP contribution in [0.3, 0.4) is 0 Å². The molecule has 2 aliphatic carbocycles. The Labute approximate surface area is 145 Å². The molecule has 2 heterocycles. The van der Waals surface area contributed by atoms with Crippen LogP contribution in [0.2, 0.25) is 0 Å². The second-order valence-electron chi connectivity index (χ2n) is 9.81. The zero-order valence-electron chi connectivity index (χ0n) is 15.6. The minimum absolute atomic E-state index is 0.0851.